The standard InChI is InChI=1S/C29H36F5N9O2/c1-2-42-22(6-10-37-42)26(45)39-23(16-3-7-28(30,31)8-4-16)21-15-43-27(38-21)40-24(17-5-9-35-13-17)20(41-43)12-18-11-19(29(32,33)34)14-36-25(18)44/h6,10,15-19,23,35H,2-5,7-9,11-14H2,1H3,(H,36,44)(H,39,45)/t17?,18-,19-,23+/m1/s1. The molecule has 6 rings (SSSR count). The minimum absolute atomic E-state index is 0.0282. The van der Waals surface area contributed by atoms with Gasteiger partial charge in [0.2, 0.25) is 11.8 Å². The number of rotatable bonds is 8. The van der Waals surface area contributed by atoms with Crippen LogP contribution in [0, 0.1) is 17.8 Å². The monoisotopic (exact) mass is 637 g/mol. The summed E-state index contributed by atoms with van der Waals surface area (Å²) in [5, 5.41) is 17.5. The molecule has 3 aliphatic rings. The number of carbonyl (C=O) groups excluding carboxylic acids is 2. The summed E-state index contributed by atoms with van der Waals surface area (Å²) in [6.45, 7) is 3.17. The molecule has 1 aliphatic carbocycles. The molecule has 16 heteroatoms. The Hall–Kier alpha value is -3.69. The van der Waals surface area contributed by atoms with Crippen molar-refractivity contribution in [3.05, 3.63) is 41.2 Å². The topological polar surface area (TPSA) is 131 Å². The fourth-order valence-electron chi connectivity index (χ4n) is 6.77. The highest BCUT2D eigenvalue weighted by atomic mass is 19.4. The lowest BCUT2D eigenvalue weighted by Gasteiger charge is -2.33. The lowest BCUT2D eigenvalue weighted by atomic mass is 9.81. The smallest absolute Gasteiger partial charge is 0.355 e. The number of fused-ring (bicyclic) bond motifs is 1. The molecule has 45 heavy (non-hydrogen) atoms. The molecule has 3 aromatic rings. The molecule has 0 radical (unpaired) electrons. The van der Waals surface area contributed by atoms with Crippen LogP contribution in [0.5, 0.6) is 0 Å². The van der Waals surface area contributed by atoms with Crippen molar-refractivity contribution in [3.63, 3.8) is 0 Å². The molecule has 2 saturated heterocycles. The molecule has 4 atom stereocenters. The number of amides is 2. The first kappa shape index (κ1) is 31.3. The predicted octanol–water partition coefficient (Wildman–Crippen LogP) is 3.57. The Kier molecular flexibility index (Phi) is 8.52. The molecule has 3 fully saturated rings. The largest absolute Gasteiger partial charge is 0.393 e. The molecule has 1 unspecified atom stereocenters. The van der Waals surface area contributed by atoms with E-state index in [1.807, 2.05) is 6.92 Å². The average Bonchev–Trinajstić information content (AvgIpc) is 3.77. The Morgan fingerprint density at radius 1 is 1.18 bits per heavy atom. The Bertz CT molecular complexity index is 1540. The van der Waals surface area contributed by atoms with Gasteiger partial charge in [-0.3, -0.25) is 14.3 Å². The fourth-order valence-corrected chi connectivity index (χ4v) is 6.77. The number of alkyl halides is 5. The van der Waals surface area contributed by atoms with Gasteiger partial charge < -0.3 is 16.0 Å². The molecule has 1 saturated carbocycles. The summed E-state index contributed by atoms with van der Waals surface area (Å²) >= 11 is 0. The Morgan fingerprint density at radius 2 is 1.96 bits per heavy atom. The van der Waals surface area contributed by atoms with Gasteiger partial charge >= 0.3 is 6.18 Å². The molecule has 244 valence electrons. The van der Waals surface area contributed by atoms with Gasteiger partial charge in [0.1, 0.15) is 5.69 Å². The Balaban J connectivity index is 1.35. The Labute approximate surface area is 255 Å². The summed E-state index contributed by atoms with van der Waals surface area (Å²) < 4.78 is 71.8. The van der Waals surface area contributed by atoms with Crippen LogP contribution in [0.3, 0.4) is 0 Å². The summed E-state index contributed by atoms with van der Waals surface area (Å²) in [7, 11) is 0. The maximum absolute atomic E-state index is 14.1. The number of nitrogens with zero attached hydrogens (tertiary/aromatic N) is 6. The second-order valence-electron chi connectivity index (χ2n) is 12.3. The minimum atomic E-state index is -4.43. The highest BCUT2D eigenvalue weighted by molar-refractivity contribution is 5.92. The molecule has 0 spiro atoms. The van der Waals surface area contributed by atoms with Gasteiger partial charge in [-0.25, -0.2) is 23.3 Å². The van der Waals surface area contributed by atoms with Crippen LogP contribution in [0.2, 0.25) is 0 Å². The molecule has 0 bridgehead atoms. The average molecular weight is 638 g/mol. The molecule has 5 heterocycles. The van der Waals surface area contributed by atoms with Crippen LogP contribution in [-0.4, -0.2) is 72.9 Å². The highest BCUT2D eigenvalue weighted by Crippen LogP contribution is 2.41. The van der Waals surface area contributed by atoms with E-state index in [1.54, 1.807) is 12.3 Å². The van der Waals surface area contributed by atoms with Gasteiger partial charge in [0, 0.05) is 56.9 Å². The van der Waals surface area contributed by atoms with Crippen molar-refractivity contribution in [1.82, 2.24) is 45.3 Å². The van der Waals surface area contributed by atoms with E-state index in [0.717, 1.165) is 13.0 Å². The third-order valence-electron chi connectivity index (χ3n) is 9.33. The molecule has 2 amide bonds. The first-order chi connectivity index (χ1) is 21.4. The van der Waals surface area contributed by atoms with E-state index in [0.29, 0.717) is 35.9 Å². The van der Waals surface area contributed by atoms with Gasteiger partial charge in [-0.2, -0.15) is 23.4 Å². The second kappa shape index (κ2) is 12.2. The molecular weight excluding hydrogens is 601 g/mol. The highest BCUT2D eigenvalue weighted by Gasteiger charge is 2.45. The summed E-state index contributed by atoms with van der Waals surface area (Å²) in [6, 6.07) is 0.852. The summed E-state index contributed by atoms with van der Waals surface area (Å²) in [4.78, 5) is 35.5. The molecule has 2 aliphatic heterocycles. The second-order valence-corrected chi connectivity index (χ2v) is 12.3. The van der Waals surface area contributed by atoms with E-state index in [1.165, 1.54) is 15.4 Å². The van der Waals surface area contributed by atoms with Gasteiger partial charge in [-0.1, -0.05) is 0 Å². The number of piperidine rings is 1. The number of hydrogen-bond acceptors (Lipinski definition) is 7. The lowest BCUT2D eigenvalue weighted by molar-refractivity contribution is -0.183. The van der Waals surface area contributed by atoms with Crippen molar-refractivity contribution >= 4 is 17.6 Å². The van der Waals surface area contributed by atoms with Crippen molar-refractivity contribution in [3.8, 4) is 0 Å². The third-order valence-corrected chi connectivity index (χ3v) is 9.33. The Morgan fingerprint density at radius 3 is 2.64 bits per heavy atom. The zero-order chi connectivity index (χ0) is 31.9. The number of imidazole rings is 1. The SMILES string of the molecule is CCn1nccc1C(=O)N[C@H](c1cn2nc(C[C@H]3C[C@@H](C(F)(F)F)CNC3=O)c(C3CCNC3)nc2n1)C1CCC(F)(F)CC1. The van der Waals surface area contributed by atoms with E-state index in [-0.39, 0.29) is 56.1 Å². The molecule has 11 nitrogen and oxygen atoms in total. The number of aromatic nitrogens is 6. The van der Waals surface area contributed by atoms with E-state index < -0.39 is 48.3 Å². The van der Waals surface area contributed by atoms with Crippen molar-refractivity contribution in [2.45, 2.75) is 82.5 Å². The maximum Gasteiger partial charge on any atom is 0.393 e. The van der Waals surface area contributed by atoms with Crippen molar-refractivity contribution in [2.24, 2.45) is 17.8 Å². The van der Waals surface area contributed by atoms with Gasteiger partial charge in [0.25, 0.3) is 11.7 Å². The maximum atomic E-state index is 14.1. The van der Waals surface area contributed by atoms with Crippen molar-refractivity contribution in [1.29, 1.82) is 0 Å². The summed E-state index contributed by atoms with van der Waals surface area (Å²) in [5.74, 6) is -6.43. The number of hydrogen-bond donors (Lipinski definition) is 3. The molecule has 3 N–H and O–H groups in total. The molecular formula is C29H36F5N9O2. The lowest BCUT2D eigenvalue weighted by Crippen LogP contribution is -2.47. The van der Waals surface area contributed by atoms with E-state index >= 15 is 0 Å². The summed E-state index contributed by atoms with van der Waals surface area (Å²) in [6.07, 6.45) is -1.28. The van der Waals surface area contributed by atoms with Crippen LogP contribution in [0.1, 0.15) is 85.0 Å². The first-order valence-electron chi connectivity index (χ1n) is 15.4. The van der Waals surface area contributed by atoms with Crippen LogP contribution in [0.4, 0.5) is 22.0 Å². The third kappa shape index (κ3) is 6.65. The fraction of sp³-hybridized carbons (Fsp3) is 0.655. The number of halogens is 5. The zero-order valence-electron chi connectivity index (χ0n) is 24.8. The number of aryl methyl sites for hydroxylation is 1. The van der Waals surface area contributed by atoms with Crippen LogP contribution in [0.25, 0.3) is 5.78 Å². The number of nitrogens with one attached hydrogen (secondary N) is 3. The van der Waals surface area contributed by atoms with Gasteiger partial charge in [0.05, 0.1) is 35.2 Å². The van der Waals surface area contributed by atoms with Gasteiger partial charge in [-0.05, 0) is 51.1 Å². The quantitative estimate of drug-likeness (QED) is 0.322. The normalized spacial score (nSPS) is 24.9. The predicted molar refractivity (Wildman–Crippen MR) is 150 cm³/mol. The van der Waals surface area contributed by atoms with Crippen LogP contribution in [-0.2, 0) is 17.8 Å². The van der Waals surface area contributed by atoms with E-state index in [9.17, 15) is 31.5 Å². The van der Waals surface area contributed by atoms with Crippen molar-refractivity contribution in [2.75, 3.05) is 19.6 Å². The zero-order valence-corrected chi connectivity index (χ0v) is 24.8. The number of carbonyl (C=O) groups is 2. The molecule has 0 aromatic carbocycles. The van der Waals surface area contributed by atoms with Gasteiger partial charge in [-0.15, -0.1) is 0 Å². The first-order valence-corrected chi connectivity index (χ1v) is 15.4. The summed E-state index contributed by atoms with van der Waals surface area (Å²) in [5.41, 5.74) is 1.69. The van der Waals surface area contributed by atoms with Crippen LogP contribution in [0.15, 0.2) is 18.5 Å². The van der Waals surface area contributed by atoms with E-state index in [2.05, 4.69) is 21.0 Å². The van der Waals surface area contributed by atoms with Crippen molar-refractivity contribution < 1.29 is 31.5 Å². The van der Waals surface area contributed by atoms with Crippen LogP contribution >= 0.6 is 0 Å². The minimum Gasteiger partial charge on any atom is -0.355 e. The molecule has 3 aromatic heterocycles. The van der Waals surface area contributed by atoms with Crippen LogP contribution < -0.4 is 16.0 Å². The van der Waals surface area contributed by atoms with E-state index in [4.69, 9.17) is 15.1 Å². The van der Waals surface area contributed by atoms with Gasteiger partial charge in [0.15, 0.2) is 0 Å².